The Morgan fingerprint density at radius 1 is 1.53 bits per heavy atom. The maximum absolute atomic E-state index is 10.9. The number of nitrogens with zero attached hydrogens (tertiary/aromatic N) is 3. The predicted octanol–water partition coefficient (Wildman–Crippen LogP) is 1.14. The molecule has 0 saturated heterocycles. The van der Waals surface area contributed by atoms with E-state index in [4.69, 9.17) is 9.63 Å². The Hall–Kier alpha value is -2.24. The zero-order valence-corrected chi connectivity index (χ0v) is 7.84. The van der Waals surface area contributed by atoms with Crippen molar-refractivity contribution in [2.75, 3.05) is 0 Å². The molecule has 0 amide bonds. The molecule has 0 unspecified atom stereocenters. The van der Waals surface area contributed by atoms with Gasteiger partial charge in [-0.3, -0.25) is 4.98 Å². The lowest BCUT2D eigenvalue weighted by molar-refractivity contribution is 0.0697. The van der Waals surface area contributed by atoms with E-state index in [9.17, 15) is 4.79 Å². The Balaban J connectivity index is 2.57. The van der Waals surface area contributed by atoms with E-state index in [2.05, 4.69) is 15.1 Å². The maximum atomic E-state index is 10.9. The third kappa shape index (κ3) is 1.69. The van der Waals surface area contributed by atoms with Crippen LogP contribution in [0.2, 0.25) is 0 Å². The molecule has 0 aliphatic rings. The zero-order chi connectivity index (χ0) is 10.8. The van der Waals surface area contributed by atoms with Crippen molar-refractivity contribution < 1.29 is 14.4 Å². The first-order chi connectivity index (χ1) is 7.18. The number of aromatic nitrogens is 3. The summed E-state index contributed by atoms with van der Waals surface area (Å²) in [4.78, 5) is 18.7. The first kappa shape index (κ1) is 9.32. The van der Waals surface area contributed by atoms with Crippen LogP contribution in [0.4, 0.5) is 0 Å². The molecule has 0 aliphatic carbocycles. The Labute approximate surface area is 84.6 Å². The average molecular weight is 205 g/mol. The monoisotopic (exact) mass is 205 g/mol. The second-order valence-electron chi connectivity index (χ2n) is 2.84. The lowest BCUT2D eigenvalue weighted by Crippen LogP contribution is -2.01. The minimum Gasteiger partial charge on any atom is -0.478 e. The van der Waals surface area contributed by atoms with Gasteiger partial charge in [-0.2, -0.15) is 4.98 Å². The molecular formula is C9H7N3O3. The molecule has 0 bridgehead atoms. The van der Waals surface area contributed by atoms with E-state index in [-0.39, 0.29) is 17.1 Å². The maximum Gasteiger partial charge on any atom is 0.338 e. The van der Waals surface area contributed by atoms with E-state index in [0.717, 1.165) is 0 Å². The summed E-state index contributed by atoms with van der Waals surface area (Å²) in [6.07, 6.45) is 1.48. The fourth-order valence-electron chi connectivity index (χ4n) is 1.15. The summed E-state index contributed by atoms with van der Waals surface area (Å²) in [7, 11) is 0. The van der Waals surface area contributed by atoms with Crippen LogP contribution in [0.3, 0.4) is 0 Å². The van der Waals surface area contributed by atoms with E-state index >= 15 is 0 Å². The van der Waals surface area contributed by atoms with Crippen LogP contribution in [0.1, 0.15) is 16.2 Å². The van der Waals surface area contributed by atoms with Gasteiger partial charge in [-0.15, -0.1) is 0 Å². The molecule has 2 rings (SSSR count). The largest absolute Gasteiger partial charge is 0.478 e. The summed E-state index contributed by atoms with van der Waals surface area (Å²) in [5.41, 5.74) is 0.264. The van der Waals surface area contributed by atoms with Crippen LogP contribution in [0.5, 0.6) is 0 Å². The summed E-state index contributed by atoms with van der Waals surface area (Å²) in [5.74, 6) is -0.516. The van der Waals surface area contributed by atoms with Gasteiger partial charge in [-0.25, -0.2) is 4.79 Å². The molecule has 0 saturated carbocycles. The fraction of sp³-hybridized carbons (Fsp3) is 0.111. The van der Waals surface area contributed by atoms with Gasteiger partial charge >= 0.3 is 5.97 Å². The highest BCUT2D eigenvalue weighted by molar-refractivity contribution is 5.93. The summed E-state index contributed by atoms with van der Waals surface area (Å²) >= 11 is 0. The van der Waals surface area contributed by atoms with Gasteiger partial charge < -0.3 is 9.63 Å². The molecule has 0 fully saturated rings. The number of carboxylic acids is 1. The van der Waals surface area contributed by atoms with E-state index in [0.29, 0.717) is 5.89 Å². The molecular weight excluding hydrogens is 198 g/mol. The first-order valence-corrected chi connectivity index (χ1v) is 4.17. The predicted molar refractivity (Wildman–Crippen MR) is 49.2 cm³/mol. The number of aromatic carboxylic acids is 1. The van der Waals surface area contributed by atoms with E-state index < -0.39 is 5.97 Å². The second-order valence-corrected chi connectivity index (χ2v) is 2.84. The van der Waals surface area contributed by atoms with Crippen molar-refractivity contribution in [3.63, 3.8) is 0 Å². The van der Waals surface area contributed by atoms with Crippen LogP contribution in [-0.4, -0.2) is 26.2 Å². The van der Waals surface area contributed by atoms with Crippen LogP contribution in [0, 0.1) is 6.92 Å². The molecule has 6 nitrogen and oxygen atoms in total. The second kappa shape index (κ2) is 3.49. The molecule has 0 atom stereocenters. The van der Waals surface area contributed by atoms with Crippen LogP contribution in [-0.2, 0) is 0 Å². The van der Waals surface area contributed by atoms with Crippen LogP contribution >= 0.6 is 0 Å². The van der Waals surface area contributed by atoms with Gasteiger partial charge in [0, 0.05) is 13.1 Å². The van der Waals surface area contributed by atoms with Crippen LogP contribution in [0.25, 0.3) is 11.5 Å². The topological polar surface area (TPSA) is 89.1 Å². The number of hydrogen-bond acceptors (Lipinski definition) is 5. The average Bonchev–Trinajstić information content (AvgIpc) is 2.65. The van der Waals surface area contributed by atoms with Crippen molar-refractivity contribution in [1.82, 2.24) is 15.1 Å². The molecule has 15 heavy (non-hydrogen) atoms. The minimum atomic E-state index is -1.07. The Morgan fingerprint density at radius 2 is 2.33 bits per heavy atom. The normalized spacial score (nSPS) is 10.2. The van der Waals surface area contributed by atoms with E-state index in [1.54, 1.807) is 13.0 Å². The van der Waals surface area contributed by atoms with Gasteiger partial charge in [-0.1, -0.05) is 5.16 Å². The Morgan fingerprint density at radius 3 is 2.93 bits per heavy atom. The number of carboxylic acid groups (broad SMARTS) is 1. The van der Waals surface area contributed by atoms with Crippen molar-refractivity contribution in [1.29, 1.82) is 0 Å². The summed E-state index contributed by atoms with van der Waals surface area (Å²) in [6.45, 7) is 1.62. The SMILES string of the molecule is Cc1nc(-c2ncccc2C(=O)O)no1. The molecule has 0 aliphatic heterocycles. The fourth-order valence-corrected chi connectivity index (χ4v) is 1.15. The molecule has 1 N–H and O–H groups in total. The highest BCUT2D eigenvalue weighted by atomic mass is 16.5. The number of hydrogen-bond donors (Lipinski definition) is 1. The van der Waals surface area contributed by atoms with Crippen molar-refractivity contribution >= 4 is 5.97 Å². The molecule has 76 valence electrons. The molecule has 0 spiro atoms. The zero-order valence-electron chi connectivity index (χ0n) is 7.84. The highest BCUT2D eigenvalue weighted by Crippen LogP contribution is 2.17. The van der Waals surface area contributed by atoms with Gasteiger partial charge in [0.15, 0.2) is 0 Å². The summed E-state index contributed by atoms with van der Waals surface area (Å²) < 4.78 is 4.76. The molecule has 0 radical (unpaired) electrons. The van der Waals surface area contributed by atoms with Crippen LogP contribution in [0.15, 0.2) is 22.9 Å². The van der Waals surface area contributed by atoms with Gasteiger partial charge in [0.1, 0.15) is 5.69 Å². The molecule has 0 aromatic carbocycles. The van der Waals surface area contributed by atoms with Crippen molar-refractivity contribution in [2.24, 2.45) is 0 Å². The van der Waals surface area contributed by atoms with Gasteiger partial charge in [0.05, 0.1) is 5.56 Å². The minimum absolute atomic E-state index is 0.0540. The Bertz CT molecular complexity index is 507. The molecule has 6 heteroatoms. The summed E-state index contributed by atoms with van der Waals surface area (Å²) in [6, 6.07) is 2.98. The number of rotatable bonds is 2. The first-order valence-electron chi connectivity index (χ1n) is 4.17. The van der Waals surface area contributed by atoms with Gasteiger partial charge in [-0.05, 0) is 12.1 Å². The molecule has 2 aromatic rings. The summed E-state index contributed by atoms with van der Waals surface area (Å²) in [5, 5.41) is 12.5. The number of aryl methyl sites for hydroxylation is 1. The lowest BCUT2D eigenvalue weighted by Gasteiger charge is -1.98. The quantitative estimate of drug-likeness (QED) is 0.790. The van der Waals surface area contributed by atoms with E-state index in [1.165, 1.54) is 12.3 Å². The third-order valence-corrected chi connectivity index (χ3v) is 1.78. The van der Waals surface area contributed by atoms with Crippen molar-refractivity contribution in [3.05, 3.63) is 29.8 Å². The molecule has 2 heterocycles. The number of pyridine rings is 1. The van der Waals surface area contributed by atoms with E-state index in [1.807, 2.05) is 0 Å². The lowest BCUT2D eigenvalue weighted by atomic mass is 10.2. The van der Waals surface area contributed by atoms with Crippen molar-refractivity contribution in [2.45, 2.75) is 6.92 Å². The standard InChI is InChI=1S/C9H7N3O3/c1-5-11-8(12-15-5)7-6(9(13)14)3-2-4-10-7/h2-4H,1H3,(H,13,14). The van der Waals surface area contributed by atoms with Crippen molar-refractivity contribution in [3.8, 4) is 11.5 Å². The smallest absolute Gasteiger partial charge is 0.338 e. The number of carbonyl (C=O) groups is 1. The van der Waals surface area contributed by atoms with Gasteiger partial charge in [0.2, 0.25) is 11.7 Å². The Kier molecular flexibility index (Phi) is 2.17. The molecule has 2 aromatic heterocycles. The van der Waals surface area contributed by atoms with Crippen LogP contribution < -0.4 is 0 Å². The van der Waals surface area contributed by atoms with Gasteiger partial charge in [0.25, 0.3) is 0 Å². The highest BCUT2D eigenvalue weighted by Gasteiger charge is 2.16. The third-order valence-electron chi connectivity index (χ3n) is 1.78.